The molecular weight excluding hydrogens is 288 g/mol. The predicted molar refractivity (Wildman–Crippen MR) is 90.9 cm³/mol. The molecule has 1 rings (SSSR count). The Morgan fingerprint density at radius 2 is 1.70 bits per heavy atom. The van der Waals surface area contributed by atoms with Gasteiger partial charge >= 0.3 is 0 Å². The van der Waals surface area contributed by atoms with Gasteiger partial charge in [0.25, 0.3) is 0 Å². The van der Waals surface area contributed by atoms with E-state index in [9.17, 15) is 0 Å². The Hall–Kier alpha value is -0.120. The molecule has 0 aromatic carbocycles. The summed E-state index contributed by atoms with van der Waals surface area (Å²) < 4.78 is 0. The van der Waals surface area contributed by atoms with Crippen molar-refractivity contribution < 1.29 is 0 Å². The van der Waals surface area contributed by atoms with Gasteiger partial charge < -0.3 is 4.90 Å². The first-order valence-electron chi connectivity index (χ1n) is 8.01. The van der Waals surface area contributed by atoms with E-state index in [1.807, 2.05) is 0 Å². The maximum Gasteiger partial charge on any atom is 0.0928 e. The molecule has 0 N–H and O–H groups in total. The van der Waals surface area contributed by atoms with Gasteiger partial charge in [-0.1, -0.05) is 26.7 Å². The van der Waals surface area contributed by atoms with E-state index < -0.39 is 0 Å². The Bertz CT molecular complexity index is 333. The lowest BCUT2D eigenvalue weighted by Crippen LogP contribution is -2.27. The van der Waals surface area contributed by atoms with Crippen molar-refractivity contribution in [1.29, 1.82) is 0 Å². The van der Waals surface area contributed by atoms with Crippen LogP contribution in [-0.4, -0.2) is 29.5 Å². The lowest BCUT2D eigenvalue weighted by Gasteiger charge is -2.21. The second-order valence-corrected chi connectivity index (χ2v) is 6.58. The zero-order chi connectivity index (χ0) is 14.6. The fraction of sp³-hybridized carbons (Fsp3) is 0.812. The topological polar surface area (TPSA) is 16.1 Å². The fourth-order valence-corrected chi connectivity index (χ4v) is 3.30. The van der Waals surface area contributed by atoms with E-state index in [1.54, 1.807) is 11.3 Å². The Labute approximate surface area is 133 Å². The average Bonchev–Trinajstić information content (AvgIpc) is 2.93. The third-order valence-electron chi connectivity index (χ3n) is 3.51. The summed E-state index contributed by atoms with van der Waals surface area (Å²) in [5, 5.41) is 3.33. The van der Waals surface area contributed by atoms with Crippen molar-refractivity contribution in [2.24, 2.45) is 0 Å². The number of aromatic nitrogens is 1. The first kappa shape index (κ1) is 17.9. The van der Waals surface area contributed by atoms with E-state index in [0.29, 0.717) is 5.88 Å². The van der Waals surface area contributed by atoms with Gasteiger partial charge in [0.1, 0.15) is 0 Å². The number of halogens is 1. The number of hydrogen-bond acceptors (Lipinski definition) is 3. The van der Waals surface area contributed by atoms with E-state index in [1.165, 1.54) is 63.2 Å². The number of aryl methyl sites for hydroxylation is 1. The number of unbranched alkanes of at least 4 members (excludes halogenated alkanes) is 3. The van der Waals surface area contributed by atoms with E-state index >= 15 is 0 Å². The molecule has 0 atom stereocenters. The van der Waals surface area contributed by atoms with Crippen LogP contribution in [0.4, 0.5) is 0 Å². The van der Waals surface area contributed by atoms with Crippen molar-refractivity contribution in [3.8, 4) is 0 Å². The summed E-state index contributed by atoms with van der Waals surface area (Å²) in [6, 6.07) is 0. The van der Waals surface area contributed by atoms with E-state index in [-0.39, 0.29) is 0 Å². The summed E-state index contributed by atoms with van der Waals surface area (Å²) in [7, 11) is 0. The molecule has 0 aliphatic rings. The molecule has 0 aliphatic carbocycles. The molecule has 1 aromatic heterocycles. The van der Waals surface area contributed by atoms with Gasteiger partial charge in [-0.2, -0.15) is 0 Å². The van der Waals surface area contributed by atoms with Crippen LogP contribution in [0, 0.1) is 0 Å². The van der Waals surface area contributed by atoms with Crippen LogP contribution in [0.5, 0.6) is 0 Å². The fourth-order valence-electron chi connectivity index (χ4n) is 2.24. The summed E-state index contributed by atoms with van der Waals surface area (Å²) in [5.74, 6) is 0.540. The lowest BCUT2D eigenvalue weighted by molar-refractivity contribution is 0.260. The Kier molecular flexibility index (Phi) is 10.3. The SMILES string of the molecule is CCCCN(CCCC)CCCCc1nc(CCl)cs1. The van der Waals surface area contributed by atoms with Gasteiger partial charge in [-0.05, 0) is 51.7 Å². The van der Waals surface area contributed by atoms with Crippen LogP contribution in [0.1, 0.15) is 63.1 Å². The molecule has 0 aliphatic heterocycles. The summed E-state index contributed by atoms with van der Waals surface area (Å²) in [6.07, 6.45) is 8.88. The smallest absolute Gasteiger partial charge is 0.0928 e. The third kappa shape index (κ3) is 7.61. The first-order valence-corrected chi connectivity index (χ1v) is 9.43. The number of rotatable bonds is 12. The summed E-state index contributed by atoms with van der Waals surface area (Å²) in [5.41, 5.74) is 1.03. The molecule has 0 fully saturated rings. The van der Waals surface area contributed by atoms with Gasteiger partial charge in [0.05, 0.1) is 16.6 Å². The maximum atomic E-state index is 5.78. The van der Waals surface area contributed by atoms with Crippen LogP contribution >= 0.6 is 22.9 Å². The van der Waals surface area contributed by atoms with Crippen LogP contribution in [-0.2, 0) is 12.3 Å². The first-order chi connectivity index (χ1) is 9.80. The molecule has 116 valence electrons. The molecule has 4 heteroatoms. The highest BCUT2D eigenvalue weighted by Crippen LogP contribution is 2.14. The minimum absolute atomic E-state index is 0.540. The molecule has 1 aromatic rings. The monoisotopic (exact) mass is 316 g/mol. The van der Waals surface area contributed by atoms with Gasteiger partial charge in [0.15, 0.2) is 0 Å². The van der Waals surface area contributed by atoms with Crippen LogP contribution in [0.25, 0.3) is 0 Å². The van der Waals surface area contributed by atoms with Crippen molar-refractivity contribution in [3.05, 3.63) is 16.1 Å². The number of nitrogens with zero attached hydrogens (tertiary/aromatic N) is 2. The number of alkyl halides is 1. The summed E-state index contributed by atoms with van der Waals surface area (Å²) in [4.78, 5) is 7.16. The standard InChI is InChI=1S/C16H29ClN2S/c1-3-5-10-19(11-6-4-2)12-8-7-9-16-18-15(13-17)14-20-16/h14H,3-13H2,1-2H3. The average molecular weight is 317 g/mol. The molecule has 0 bridgehead atoms. The molecule has 0 spiro atoms. The molecule has 20 heavy (non-hydrogen) atoms. The minimum Gasteiger partial charge on any atom is -0.303 e. The highest BCUT2D eigenvalue weighted by Gasteiger charge is 2.05. The Morgan fingerprint density at radius 3 is 2.25 bits per heavy atom. The van der Waals surface area contributed by atoms with E-state index in [0.717, 1.165) is 12.1 Å². The number of hydrogen-bond donors (Lipinski definition) is 0. The third-order valence-corrected chi connectivity index (χ3v) is 4.74. The van der Waals surface area contributed by atoms with Crippen molar-refractivity contribution >= 4 is 22.9 Å². The lowest BCUT2D eigenvalue weighted by atomic mass is 10.2. The number of thiazole rings is 1. The van der Waals surface area contributed by atoms with Crippen LogP contribution in [0.15, 0.2) is 5.38 Å². The van der Waals surface area contributed by atoms with Gasteiger partial charge in [0.2, 0.25) is 0 Å². The molecule has 2 nitrogen and oxygen atoms in total. The molecule has 1 heterocycles. The molecule has 0 saturated heterocycles. The van der Waals surface area contributed by atoms with E-state index in [4.69, 9.17) is 11.6 Å². The van der Waals surface area contributed by atoms with Crippen LogP contribution in [0.3, 0.4) is 0 Å². The highest BCUT2D eigenvalue weighted by molar-refractivity contribution is 7.09. The maximum absolute atomic E-state index is 5.78. The predicted octanol–water partition coefficient (Wildman–Crippen LogP) is 5.11. The Morgan fingerprint density at radius 1 is 1.05 bits per heavy atom. The van der Waals surface area contributed by atoms with Crippen molar-refractivity contribution in [2.45, 2.75) is 64.7 Å². The van der Waals surface area contributed by atoms with Crippen molar-refractivity contribution in [2.75, 3.05) is 19.6 Å². The Balaban J connectivity index is 2.18. The molecular formula is C16H29ClN2S. The van der Waals surface area contributed by atoms with E-state index in [2.05, 4.69) is 29.1 Å². The van der Waals surface area contributed by atoms with Crippen molar-refractivity contribution in [3.63, 3.8) is 0 Å². The highest BCUT2D eigenvalue weighted by atomic mass is 35.5. The second-order valence-electron chi connectivity index (χ2n) is 5.37. The van der Waals surface area contributed by atoms with Crippen molar-refractivity contribution in [1.82, 2.24) is 9.88 Å². The van der Waals surface area contributed by atoms with Gasteiger partial charge in [0, 0.05) is 5.38 Å². The zero-order valence-electron chi connectivity index (χ0n) is 13.0. The minimum atomic E-state index is 0.540. The largest absolute Gasteiger partial charge is 0.303 e. The quantitative estimate of drug-likeness (QED) is 0.393. The van der Waals surface area contributed by atoms with Crippen LogP contribution < -0.4 is 0 Å². The normalized spacial score (nSPS) is 11.4. The van der Waals surface area contributed by atoms with Gasteiger partial charge in [-0.3, -0.25) is 0 Å². The second kappa shape index (κ2) is 11.5. The summed E-state index contributed by atoms with van der Waals surface area (Å²) >= 11 is 7.53. The van der Waals surface area contributed by atoms with Crippen LogP contribution in [0.2, 0.25) is 0 Å². The zero-order valence-corrected chi connectivity index (χ0v) is 14.6. The molecule has 0 radical (unpaired) electrons. The summed E-state index contributed by atoms with van der Waals surface area (Å²) in [6.45, 7) is 8.33. The molecule has 0 amide bonds. The molecule has 0 saturated carbocycles. The molecule has 0 unspecified atom stereocenters. The van der Waals surface area contributed by atoms with Gasteiger partial charge in [-0.25, -0.2) is 4.98 Å². The van der Waals surface area contributed by atoms with Gasteiger partial charge in [-0.15, -0.1) is 22.9 Å².